The lowest BCUT2D eigenvalue weighted by Gasteiger charge is -2.35. The third-order valence-electron chi connectivity index (χ3n) is 3.43. The Morgan fingerprint density at radius 2 is 1.94 bits per heavy atom. The summed E-state index contributed by atoms with van der Waals surface area (Å²) < 4.78 is 0. The minimum Gasteiger partial charge on any atom is -0.331 e. The van der Waals surface area contributed by atoms with Crippen LogP contribution in [-0.2, 0) is 0 Å². The van der Waals surface area contributed by atoms with Crippen LogP contribution in [0.5, 0.6) is 0 Å². The number of benzene rings is 1. The molecule has 2 unspecified atom stereocenters. The van der Waals surface area contributed by atoms with Crippen molar-refractivity contribution in [2.45, 2.75) is 32.7 Å². The lowest BCUT2D eigenvalue weighted by atomic mass is 10.4. The monoisotopic (exact) mass is 233 g/mol. The predicted molar refractivity (Wildman–Crippen MR) is 75.4 cm³/mol. The molecule has 0 amide bonds. The average molecular weight is 233 g/mol. The fraction of sp³-hybridized carbons (Fsp3) is 0.429. The normalized spacial score (nSPS) is 16.4. The van der Waals surface area contributed by atoms with Gasteiger partial charge in [-0.2, -0.15) is 0 Å². The van der Waals surface area contributed by atoms with Crippen LogP contribution in [0.25, 0.3) is 0 Å². The Kier molecular flexibility index (Phi) is 4.96. The van der Waals surface area contributed by atoms with Gasteiger partial charge in [0.25, 0.3) is 0 Å². The first kappa shape index (κ1) is 13.2. The van der Waals surface area contributed by atoms with Gasteiger partial charge in [0.05, 0.1) is 0 Å². The molecule has 0 radical (unpaired) electrons. The van der Waals surface area contributed by atoms with E-state index in [1.165, 1.54) is 11.6 Å². The summed E-state index contributed by atoms with van der Waals surface area (Å²) in [7, 11) is -1.74. The van der Waals surface area contributed by atoms with Crippen molar-refractivity contribution in [3.63, 3.8) is 0 Å². The smallest absolute Gasteiger partial charge is 0.184 e. The maximum absolute atomic E-state index is 4.10. The lowest BCUT2D eigenvalue weighted by molar-refractivity contribution is 0.809. The predicted octanol–water partition coefficient (Wildman–Crippen LogP) is 2.97. The van der Waals surface area contributed by atoms with Crippen molar-refractivity contribution < 1.29 is 0 Å². The maximum atomic E-state index is 4.10. The summed E-state index contributed by atoms with van der Waals surface area (Å²) in [5.41, 5.74) is 2.87. The quantitative estimate of drug-likeness (QED) is 0.745. The van der Waals surface area contributed by atoms with Crippen molar-refractivity contribution in [3.8, 4) is 0 Å². The van der Waals surface area contributed by atoms with Gasteiger partial charge in [0.2, 0.25) is 0 Å². The van der Waals surface area contributed by atoms with Crippen LogP contribution in [0.3, 0.4) is 0 Å². The van der Waals surface area contributed by atoms with Gasteiger partial charge in [-0.1, -0.05) is 63.2 Å². The summed E-state index contributed by atoms with van der Waals surface area (Å²) in [6.45, 7) is 11.9. The first-order chi connectivity index (χ1) is 7.71. The number of nitrogens with one attached hydrogen (secondary N) is 1. The van der Waals surface area contributed by atoms with Crippen LogP contribution in [0.4, 0.5) is 0 Å². The first-order valence-electron chi connectivity index (χ1n) is 6.15. The summed E-state index contributed by atoms with van der Waals surface area (Å²) in [6, 6.07) is 10.8. The van der Waals surface area contributed by atoms with E-state index in [1.54, 1.807) is 0 Å². The van der Waals surface area contributed by atoms with Crippen LogP contribution < -0.4 is 10.2 Å². The van der Waals surface area contributed by atoms with Gasteiger partial charge in [0, 0.05) is 0 Å². The highest BCUT2D eigenvalue weighted by Gasteiger charge is 2.36. The number of hydrogen-bond donors (Lipinski definition) is 1. The molecule has 2 atom stereocenters. The van der Waals surface area contributed by atoms with Crippen LogP contribution in [-0.4, -0.2) is 14.8 Å². The van der Waals surface area contributed by atoms with Crippen molar-refractivity contribution >= 4 is 13.4 Å². The topological polar surface area (TPSA) is 12.0 Å². The Labute approximate surface area is 101 Å². The van der Waals surface area contributed by atoms with Crippen LogP contribution in [0.1, 0.15) is 27.2 Å². The van der Waals surface area contributed by atoms with Gasteiger partial charge in [-0.25, -0.2) is 0 Å². The molecule has 1 nitrogen and oxygen atoms in total. The molecule has 1 aromatic carbocycles. The van der Waals surface area contributed by atoms with E-state index < -0.39 is 8.24 Å². The van der Waals surface area contributed by atoms with Gasteiger partial charge < -0.3 is 4.98 Å². The van der Waals surface area contributed by atoms with Crippen molar-refractivity contribution in [2.24, 2.45) is 0 Å². The zero-order chi connectivity index (χ0) is 12.0. The van der Waals surface area contributed by atoms with E-state index in [-0.39, 0.29) is 0 Å². The molecule has 0 saturated heterocycles. The van der Waals surface area contributed by atoms with E-state index >= 15 is 0 Å². The Morgan fingerprint density at radius 1 is 1.31 bits per heavy atom. The van der Waals surface area contributed by atoms with Gasteiger partial charge in [-0.05, 0) is 17.3 Å². The molecular formula is C14H23NSi. The standard InChI is InChI=1S/C14H23NSi/c1-5-13(4)16(7-3,15-6-2)14-11-9-8-10-12-14/h7-13,15H,3,5-6H2,1-2,4H3. The van der Waals surface area contributed by atoms with E-state index in [4.69, 9.17) is 0 Å². The largest absolute Gasteiger partial charge is 0.331 e. The Morgan fingerprint density at radius 3 is 2.38 bits per heavy atom. The molecule has 2 heteroatoms. The van der Waals surface area contributed by atoms with Gasteiger partial charge in [-0.3, -0.25) is 0 Å². The van der Waals surface area contributed by atoms with E-state index in [0.717, 1.165) is 6.54 Å². The minimum atomic E-state index is -1.74. The Bertz CT molecular complexity index is 323. The maximum Gasteiger partial charge on any atom is 0.184 e. The van der Waals surface area contributed by atoms with Crippen LogP contribution >= 0.6 is 0 Å². The van der Waals surface area contributed by atoms with Crippen molar-refractivity contribution in [1.82, 2.24) is 4.98 Å². The summed E-state index contributed by atoms with van der Waals surface area (Å²) in [5, 5.41) is 1.45. The minimum absolute atomic E-state index is 0.673. The van der Waals surface area contributed by atoms with Gasteiger partial charge in [0.1, 0.15) is 0 Å². The molecule has 1 N–H and O–H groups in total. The highest BCUT2D eigenvalue weighted by atomic mass is 28.3. The molecule has 0 aliphatic carbocycles. The SMILES string of the molecule is C=C[Si](NCC)(c1ccccc1)C(C)CC. The number of hydrogen-bond acceptors (Lipinski definition) is 1. The Hall–Kier alpha value is -0.863. The van der Waals surface area contributed by atoms with Crippen LogP contribution in [0.15, 0.2) is 42.6 Å². The molecule has 0 heterocycles. The second-order valence-corrected chi connectivity index (χ2v) is 8.34. The fourth-order valence-electron chi connectivity index (χ4n) is 2.28. The molecule has 0 saturated carbocycles. The van der Waals surface area contributed by atoms with E-state index in [9.17, 15) is 0 Å². The molecule has 0 aliphatic rings. The molecule has 1 aromatic rings. The molecule has 0 fully saturated rings. The third kappa shape index (κ3) is 2.44. The number of rotatable bonds is 6. The van der Waals surface area contributed by atoms with E-state index in [1.807, 2.05) is 0 Å². The molecular weight excluding hydrogens is 210 g/mol. The highest BCUT2D eigenvalue weighted by molar-refractivity contribution is 6.95. The summed E-state index contributed by atoms with van der Waals surface area (Å²) in [6.07, 6.45) is 1.19. The average Bonchev–Trinajstić information content (AvgIpc) is 2.36. The first-order valence-corrected chi connectivity index (χ1v) is 8.30. The fourth-order valence-corrected chi connectivity index (χ4v) is 6.16. The second-order valence-electron chi connectivity index (χ2n) is 4.28. The van der Waals surface area contributed by atoms with E-state index in [0.29, 0.717) is 5.54 Å². The molecule has 0 aliphatic heterocycles. The van der Waals surface area contributed by atoms with E-state index in [2.05, 4.69) is 68.4 Å². The molecule has 0 bridgehead atoms. The van der Waals surface area contributed by atoms with Crippen LogP contribution in [0, 0.1) is 0 Å². The summed E-state index contributed by atoms with van der Waals surface area (Å²) >= 11 is 0. The van der Waals surface area contributed by atoms with Crippen LogP contribution in [0.2, 0.25) is 5.54 Å². The van der Waals surface area contributed by atoms with Gasteiger partial charge in [0.15, 0.2) is 8.24 Å². The van der Waals surface area contributed by atoms with Crippen molar-refractivity contribution in [1.29, 1.82) is 0 Å². The van der Waals surface area contributed by atoms with Gasteiger partial charge >= 0.3 is 0 Å². The second kappa shape index (κ2) is 6.02. The highest BCUT2D eigenvalue weighted by Crippen LogP contribution is 2.23. The molecule has 88 valence electrons. The van der Waals surface area contributed by atoms with Crippen molar-refractivity contribution in [3.05, 3.63) is 42.6 Å². The zero-order valence-electron chi connectivity index (χ0n) is 10.7. The van der Waals surface area contributed by atoms with Gasteiger partial charge in [-0.15, -0.1) is 6.58 Å². The molecule has 1 rings (SSSR count). The molecule has 0 aromatic heterocycles. The third-order valence-corrected chi connectivity index (χ3v) is 8.27. The van der Waals surface area contributed by atoms with Crippen molar-refractivity contribution in [2.75, 3.05) is 6.54 Å². The lowest BCUT2D eigenvalue weighted by Crippen LogP contribution is -2.61. The molecule has 16 heavy (non-hydrogen) atoms. The summed E-state index contributed by atoms with van der Waals surface area (Å²) in [4.78, 5) is 3.73. The summed E-state index contributed by atoms with van der Waals surface area (Å²) in [5.74, 6) is 0. The molecule has 0 spiro atoms. The Balaban J connectivity index is 3.17. The zero-order valence-corrected chi connectivity index (χ0v) is 11.7.